The molecular weight excluding hydrogens is 416 g/mol. The highest BCUT2D eigenvalue weighted by Crippen LogP contribution is 2.44. The second-order valence-electron chi connectivity index (χ2n) is 8.00. The van der Waals surface area contributed by atoms with Crippen LogP contribution in [0.2, 0.25) is 0 Å². The van der Waals surface area contributed by atoms with Crippen LogP contribution in [0.1, 0.15) is 18.6 Å². The fourth-order valence-corrected chi connectivity index (χ4v) is 3.88. The van der Waals surface area contributed by atoms with Gasteiger partial charge in [0.15, 0.2) is 12.4 Å². The molecule has 0 aliphatic carbocycles. The molecule has 0 radical (unpaired) electrons. The number of ether oxygens (including phenoxy) is 3. The monoisotopic (exact) mass is 440 g/mol. The van der Waals surface area contributed by atoms with Crippen LogP contribution in [0, 0.1) is 0 Å². The summed E-state index contributed by atoms with van der Waals surface area (Å²) in [5.74, 6) is 0.229. The van der Waals surface area contributed by atoms with E-state index in [1.165, 1.54) is 13.0 Å². The summed E-state index contributed by atoms with van der Waals surface area (Å²) in [6, 6.07) is 6.02. The predicted octanol–water partition coefficient (Wildman–Crippen LogP) is -1.85. The van der Waals surface area contributed by atoms with E-state index < -0.39 is 67.4 Å². The minimum atomic E-state index is -1.82. The van der Waals surface area contributed by atoms with E-state index in [0.29, 0.717) is 5.39 Å². The quantitative estimate of drug-likeness (QED) is 0.288. The van der Waals surface area contributed by atoms with Crippen LogP contribution < -0.4 is 10.4 Å². The molecule has 1 saturated heterocycles. The predicted molar refractivity (Wildman–Crippen MR) is 102 cm³/mol. The maximum atomic E-state index is 11.6. The number of hydrogen-bond acceptors (Lipinski definition) is 11. The van der Waals surface area contributed by atoms with E-state index >= 15 is 0 Å². The van der Waals surface area contributed by atoms with Gasteiger partial charge in [-0.1, -0.05) is 0 Å². The Labute approximate surface area is 175 Å². The number of rotatable bonds is 5. The largest absolute Gasteiger partial charge is 0.484 e. The normalized spacial score (nSPS) is 34.9. The second kappa shape index (κ2) is 8.11. The number of fused-ring (bicyclic) bond motifs is 3. The van der Waals surface area contributed by atoms with E-state index in [-0.39, 0.29) is 16.9 Å². The Morgan fingerprint density at radius 2 is 1.77 bits per heavy atom. The fourth-order valence-electron chi connectivity index (χ4n) is 3.88. The van der Waals surface area contributed by atoms with E-state index in [2.05, 4.69) is 0 Å². The van der Waals surface area contributed by atoms with E-state index in [1.807, 2.05) is 0 Å². The van der Waals surface area contributed by atoms with Gasteiger partial charge >= 0.3 is 5.63 Å². The molecule has 0 amide bonds. The molecule has 1 aromatic carbocycles. The summed E-state index contributed by atoms with van der Waals surface area (Å²) in [6.45, 7) is 0.196. The van der Waals surface area contributed by atoms with Gasteiger partial charge in [0.1, 0.15) is 47.5 Å². The van der Waals surface area contributed by atoms with Gasteiger partial charge in [0.05, 0.1) is 18.8 Å². The Bertz CT molecular complexity index is 1000. The van der Waals surface area contributed by atoms with E-state index in [0.717, 1.165) is 0 Å². The lowest BCUT2D eigenvalue weighted by Gasteiger charge is -2.41. The summed E-state index contributed by atoms with van der Waals surface area (Å²) in [5.41, 5.74) is -2.06. The van der Waals surface area contributed by atoms with Crippen molar-refractivity contribution in [3.8, 4) is 5.75 Å². The molecule has 11 nitrogen and oxygen atoms in total. The van der Waals surface area contributed by atoms with Gasteiger partial charge in [0.25, 0.3) is 0 Å². The first kappa shape index (κ1) is 22.1. The van der Waals surface area contributed by atoms with Crippen molar-refractivity contribution in [3.63, 3.8) is 0 Å². The summed E-state index contributed by atoms with van der Waals surface area (Å²) in [5, 5.41) is 61.4. The maximum Gasteiger partial charge on any atom is 0.336 e. The van der Waals surface area contributed by atoms with Crippen molar-refractivity contribution in [2.24, 2.45) is 0 Å². The molecule has 2 aliphatic rings. The number of benzene rings is 1. The molecule has 11 heteroatoms. The van der Waals surface area contributed by atoms with Crippen molar-refractivity contribution in [2.75, 3.05) is 13.2 Å². The van der Waals surface area contributed by atoms with Crippen LogP contribution in [0.25, 0.3) is 11.0 Å². The average molecular weight is 440 g/mol. The lowest BCUT2D eigenvalue weighted by atomic mass is 9.92. The zero-order valence-corrected chi connectivity index (χ0v) is 16.5. The van der Waals surface area contributed by atoms with E-state index in [9.17, 15) is 35.4 Å². The Morgan fingerprint density at radius 1 is 1.06 bits per heavy atom. The molecule has 3 heterocycles. The molecule has 2 aliphatic heterocycles. The highest BCUT2D eigenvalue weighted by atomic mass is 16.7. The van der Waals surface area contributed by atoms with Crippen LogP contribution in [-0.4, -0.2) is 86.3 Å². The molecule has 4 rings (SSSR count). The van der Waals surface area contributed by atoms with Gasteiger partial charge in [-0.05, 0) is 25.1 Å². The van der Waals surface area contributed by atoms with Crippen molar-refractivity contribution in [2.45, 2.75) is 55.4 Å². The third kappa shape index (κ3) is 3.83. The topological polar surface area (TPSA) is 179 Å². The molecule has 1 aromatic heterocycles. The van der Waals surface area contributed by atoms with Crippen LogP contribution in [0.4, 0.5) is 0 Å². The van der Waals surface area contributed by atoms with Crippen molar-refractivity contribution in [3.05, 3.63) is 40.2 Å². The zero-order chi connectivity index (χ0) is 22.5. The first-order valence-corrected chi connectivity index (χ1v) is 9.70. The molecule has 2 aromatic rings. The Balaban J connectivity index is 1.52. The Kier molecular flexibility index (Phi) is 5.79. The fraction of sp³-hybridized carbons (Fsp3) is 0.550. The van der Waals surface area contributed by atoms with Gasteiger partial charge in [0.2, 0.25) is 0 Å². The molecular formula is C20H24O11. The summed E-state index contributed by atoms with van der Waals surface area (Å²) in [4.78, 5) is 11.6. The lowest BCUT2D eigenvalue weighted by molar-refractivity contribution is -0.311. The van der Waals surface area contributed by atoms with Crippen LogP contribution in [0.5, 0.6) is 5.75 Å². The molecule has 0 bridgehead atoms. The van der Waals surface area contributed by atoms with Crippen molar-refractivity contribution < 1.29 is 49.3 Å². The molecule has 31 heavy (non-hydrogen) atoms. The second-order valence-corrected chi connectivity index (χ2v) is 8.00. The SMILES string of the molecule is C[C@@](O)(CO[C@H]1O[C@H](CO)[C@@H](O)[C@H](O)[C@H]1O)[C@@H]1Oc2ccc3ccc(=O)oc3c2[C@H]1O. The molecule has 0 unspecified atom stereocenters. The standard InChI is InChI=1S/C20H24O11/c1-20(27,7-28-19-16(26)15(25)13(23)10(6-21)30-19)18-14(24)12-9(29-18)4-2-8-3-5-11(22)31-17(8)12/h2-5,10,13-16,18-19,21,23-27H,6-7H2,1H3/t10-,13-,14-,15+,16-,18-,19+,20-/m1/s1. The van der Waals surface area contributed by atoms with Gasteiger partial charge in [-0.15, -0.1) is 0 Å². The van der Waals surface area contributed by atoms with Gasteiger partial charge in [-0.3, -0.25) is 0 Å². The van der Waals surface area contributed by atoms with E-state index in [4.69, 9.17) is 18.6 Å². The molecule has 6 N–H and O–H groups in total. The van der Waals surface area contributed by atoms with Crippen LogP contribution in [-0.2, 0) is 9.47 Å². The van der Waals surface area contributed by atoms with Crippen LogP contribution in [0.15, 0.2) is 33.5 Å². The van der Waals surface area contributed by atoms with Crippen molar-refractivity contribution in [1.29, 1.82) is 0 Å². The lowest BCUT2D eigenvalue weighted by Crippen LogP contribution is -2.60. The Morgan fingerprint density at radius 3 is 2.48 bits per heavy atom. The van der Waals surface area contributed by atoms with Gasteiger partial charge in [-0.2, -0.15) is 0 Å². The van der Waals surface area contributed by atoms with Crippen LogP contribution in [0.3, 0.4) is 0 Å². The average Bonchev–Trinajstić information content (AvgIpc) is 3.09. The van der Waals surface area contributed by atoms with Gasteiger partial charge < -0.3 is 49.3 Å². The minimum Gasteiger partial charge on any atom is -0.484 e. The number of aliphatic hydroxyl groups excluding tert-OH is 5. The number of hydrogen-bond donors (Lipinski definition) is 6. The first-order chi connectivity index (χ1) is 14.6. The number of aliphatic hydroxyl groups is 6. The summed E-state index contributed by atoms with van der Waals surface area (Å²) >= 11 is 0. The third-order valence-electron chi connectivity index (χ3n) is 5.63. The van der Waals surface area contributed by atoms with Crippen molar-refractivity contribution >= 4 is 11.0 Å². The van der Waals surface area contributed by atoms with Gasteiger partial charge in [0, 0.05) is 11.5 Å². The van der Waals surface area contributed by atoms with E-state index in [1.54, 1.807) is 18.2 Å². The van der Waals surface area contributed by atoms with Crippen LogP contribution >= 0.6 is 0 Å². The van der Waals surface area contributed by atoms with Crippen molar-refractivity contribution in [1.82, 2.24) is 0 Å². The minimum absolute atomic E-state index is 0.144. The molecule has 170 valence electrons. The summed E-state index contributed by atoms with van der Waals surface area (Å²) in [7, 11) is 0. The highest BCUT2D eigenvalue weighted by Gasteiger charge is 2.49. The molecule has 8 atom stereocenters. The molecule has 1 fully saturated rings. The summed E-state index contributed by atoms with van der Waals surface area (Å²) < 4.78 is 21.6. The first-order valence-electron chi connectivity index (χ1n) is 9.70. The maximum absolute atomic E-state index is 11.6. The Hall–Kier alpha value is -2.09. The van der Waals surface area contributed by atoms with Gasteiger partial charge in [-0.25, -0.2) is 4.79 Å². The zero-order valence-electron chi connectivity index (χ0n) is 16.5. The smallest absolute Gasteiger partial charge is 0.336 e. The summed E-state index contributed by atoms with van der Waals surface area (Å²) in [6.07, 6.45) is -10.0. The molecule has 0 saturated carbocycles. The third-order valence-corrected chi connectivity index (χ3v) is 5.63. The highest BCUT2D eigenvalue weighted by molar-refractivity contribution is 5.83. The molecule has 0 spiro atoms.